The Hall–Kier alpha value is -1.35. The van der Waals surface area contributed by atoms with Crippen LogP contribution in [0.5, 0.6) is 0 Å². The quantitative estimate of drug-likeness (QED) is 0.664. The zero-order valence-corrected chi connectivity index (χ0v) is 6.34. The highest BCUT2D eigenvalue weighted by Crippen LogP contribution is 2.18. The maximum atomic E-state index is 13.0. The molecule has 0 unspecified atom stereocenters. The van der Waals surface area contributed by atoms with Gasteiger partial charge < -0.3 is 10.1 Å². The minimum Gasteiger partial charge on any atom is -0.390 e. The normalized spacial score (nSPS) is 10.8. The molecule has 0 fully saturated rings. The predicted molar refractivity (Wildman–Crippen MR) is 44.2 cm³/mol. The molecule has 0 aliphatic heterocycles. The third-order valence-electron chi connectivity index (χ3n) is 1.84. The molecule has 1 aromatic carbocycles. The average molecular weight is 165 g/mol. The van der Waals surface area contributed by atoms with Gasteiger partial charge in [0.1, 0.15) is 5.82 Å². The van der Waals surface area contributed by atoms with Crippen molar-refractivity contribution in [3.05, 3.63) is 35.8 Å². The first-order valence-corrected chi connectivity index (χ1v) is 3.68. The van der Waals surface area contributed by atoms with Gasteiger partial charge in [0, 0.05) is 16.6 Å². The lowest BCUT2D eigenvalue weighted by Crippen LogP contribution is -1.78. The molecule has 0 aliphatic rings. The van der Waals surface area contributed by atoms with Gasteiger partial charge in [-0.1, -0.05) is 6.07 Å². The van der Waals surface area contributed by atoms with Crippen LogP contribution in [0, 0.1) is 5.82 Å². The van der Waals surface area contributed by atoms with Gasteiger partial charge in [0.05, 0.1) is 6.61 Å². The summed E-state index contributed by atoms with van der Waals surface area (Å²) in [6, 6.07) is 6.43. The number of benzene rings is 1. The van der Waals surface area contributed by atoms with Crippen molar-refractivity contribution in [3.63, 3.8) is 0 Å². The van der Waals surface area contributed by atoms with Gasteiger partial charge in [-0.05, 0) is 18.2 Å². The van der Waals surface area contributed by atoms with Crippen molar-refractivity contribution in [3.8, 4) is 0 Å². The number of nitrogens with one attached hydrogen (secondary N) is 1. The van der Waals surface area contributed by atoms with E-state index in [4.69, 9.17) is 5.11 Å². The molecule has 0 saturated carbocycles. The van der Waals surface area contributed by atoms with E-state index in [0.717, 1.165) is 5.52 Å². The number of aliphatic hydroxyl groups excluding tert-OH is 1. The van der Waals surface area contributed by atoms with Crippen molar-refractivity contribution in [2.45, 2.75) is 6.61 Å². The third-order valence-corrected chi connectivity index (χ3v) is 1.84. The fourth-order valence-corrected chi connectivity index (χ4v) is 1.26. The second-order valence-corrected chi connectivity index (χ2v) is 2.65. The van der Waals surface area contributed by atoms with Gasteiger partial charge in [-0.2, -0.15) is 0 Å². The SMILES string of the molecule is OCc1cc2c(F)cccc2[nH]1. The summed E-state index contributed by atoms with van der Waals surface area (Å²) in [5.74, 6) is -0.261. The maximum absolute atomic E-state index is 13.0. The highest BCUT2D eigenvalue weighted by molar-refractivity contribution is 5.80. The van der Waals surface area contributed by atoms with Crippen LogP contribution >= 0.6 is 0 Å². The molecule has 0 amide bonds. The molecular formula is C9H8FNO. The Morgan fingerprint density at radius 3 is 2.92 bits per heavy atom. The van der Waals surface area contributed by atoms with Crippen molar-refractivity contribution in [1.29, 1.82) is 0 Å². The summed E-state index contributed by atoms with van der Waals surface area (Å²) in [7, 11) is 0. The van der Waals surface area contributed by atoms with Crippen molar-refractivity contribution in [2.75, 3.05) is 0 Å². The second-order valence-electron chi connectivity index (χ2n) is 2.65. The van der Waals surface area contributed by atoms with Crippen LogP contribution in [0.2, 0.25) is 0 Å². The molecule has 0 atom stereocenters. The van der Waals surface area contributed by atoms with Gasteiger partial charge >= 0.3 is 0 Å². The zero-order valence-electron chi connectivity index (χ0n) is 6.34. The topological polar surface area (TPSA) is 36.0 Å². The molecule has 3 heteroatoms. The lowest BCUT2D eigenvalue weighted by atomic mass is 10.2. The van der Waals surface area contributed by atoms with Crippen LogP contribution < -0.4 is 0 Å². The second kappa shape index (κ2) is 2.60. The van der Waals surface area contributed by atoms with Crippen molar-refractivity contribution >= 4 is 10.9 Å². The predicted octanol–water partition coefficient (Wildman–Crippen LogP) is 1.80. The molecule has 0 saturated heterocycles. The Morgan fingerprint density at radius 1 is 1.42 bits per heavy atom. The summed E-state index contributed by atoms with van der Waals surface area (Å²) >= 11 is 0. The molecule has 0 bridgehead atoms. The maximum Gasteiger partial charge on any atom is 0.132 e. The number of hydrogen-bond acceptors (Lipinski definition) is 1. The Bertz CT molecular complexity index is 408. The highest BCUT2D eigenvalue weighted by Gasteiger charge is 2.02. The van der Waals surface area contributed by atoms with E-state index in [0.29, 0.717) is 11.1 Å². The first-order valence-electron chi connectivity index (χ1n) is 3.68. The molecule has 0 radical (unpaired) electrons. The van der Waals surface area contributed by atoms with E-state index in [1.807, 2.05) is 0 Å². The number of halogens is 1. The summed E-state index contributed by atoms with van der Waals surface area (Å²) in [6.07, 6.45) is 0. The number of H-pyrrole nitrogens is 1. The van der Waals surface area contributed by atoms with Gasteiger partial charge in [0.2, 0.25) is 0 Å². The first kappa shape index (κ1) is 7.31. The first-order chi connectivity index (χ1) is 5.81. The van der Waals surface area contributed by atoms with E-state index >= 15 is 0 Å². The molecule has 2 rings (SSSR count). The van der Waals surface area contributed by atoms with Gasteiger partial charge in [0.25, 0.3) is 0 Å². The number of aliphatic hydroxyl groups is 1. The fourth-order valence-electron chi connectivity index (χ4n) is 1.26. The minimum atomic E-state index is -0.261. The molecule has 2 N–H and O–H groups in total. The average Bonchev–Trinajstić information content (AvgIpc) is 2.49. The van der Waals surface area contributed by atoms with Crippen molar-refractivity contribution < 1.29 is 9.50 Å². The summed E-state index contributed by atoms with van der Waals surface area (Å²) < 4.78 is 13.0. The van der Waals surface area contributed by atoms with Crippen LogP contribution in [-0.2, 0) is 6.61 Å². The van der Waals surface area contributed by atoms with E-state index in [9.17, 15) is 4.39 Å². The Kier molecular flexibility index (Phi) is 1.59. The zero-order chi connectivity index (χ0) is 8.55. The Balaban J connectivity index is 2.74. The van der Waals surface area contributed by atoms with Gasteiger partial charge in [0.15, 0.2) is 0 Å². The molecule has 1 aromatic heterocycles. The van der Waals surface area contributed by atoms with Gasteiger partial charge in [-0.3, -0.25) is 0 Å². The Morgan fingerprint density at radius 2 is 2.25 bits per heavy atom. The number of aromatic nitrogens is 1. The molecule has 12 heavy (non-hydrogen) atoms. The number of hydrogen-bond donors (Lipinski definition) is 2. The van der Waals surface area contributed by atoms with Crippen LogP contribution in [0.25, 0.3) is 10.9 Å². The molecule has 62 valence electrons. The Labute approximate surface area is 68.6 Å². The monoisotopic (exact) mass is 165 g/mol. The van der Waals surface area contributed by atoms with Crippen LogP contribution in [0.4, 0.5) is 4.39 Å². The molecule has 0 aliphatic carbocycles. The summed E-state index contributed by atoms with van der Waals surface area (Å²) in [4.78, 5) is 2.90. The lowest BCUT2D eigenvalue weighted by molar-refractivity contribution is 0.278. The van der Waals surface area contributed by atoms with Crippen LogP contribution in [0.3, 0.4) is 0 Å². The van der Waals surface area contributed by atoms with Crippen LogP contribution in [0.15, 0.2) is 24.3 Å². The fraction of sp³-hybridized carbons (Fsp3) is 0.111. The van der Waals surface area contributed by atoms with E-state index < -0.39 is 0 Å². The lowest BCUT2D eigenvalue weighted by Gasteiger charge is -1.88. The van der Waals surface area contributed by atoms with E-state index in [2.05, 4.69) is 4.98 Å². The van der Waals surface area contributed by atoms with Gasteiger partial charge in [-0.25, -0.2) is 4.39 Å². The molecule has 1 heterocycles. The van der Waals surface area contributed by atoms with E-state index in [1.54, 1.807) is 18.2 Å². The molecular weight excluding hydrogens is 157 g/mol. The summed E-state index contributed by atoms with van der Waals surface area (Å²) in [6.45, 7) is -0.0892. The number of aromatic amines is 1. The van der Waals surface area contributed by atoms with E-state index in [-0.39, 0.29) is 12.4 Å². The molecule has 2 aromatic rings. The van der Waals surface area contributed by atoms with Crippen molar-refractivity contribution in [1.82, 2.24) is 4.98 Å². The van der Waals surface area contributed by atoms with E-state index in [1.165, 1.54) is 6.07 Å². The third kappa shape index (κ3) is 0.987. The highest BCUT2D eigenvalue weighted by atomic mass is 19.1. The number of rotatable bonds is 1. The van der Waals surface area contributed by atoms with Crippen LogP contribution in [-0.4, -0.2) is 10.1 Å². The smallest absolute Gasteiger partial charge is 0.132 e. The standard InChI is InChI=1S/C9H8FNO/c10-8-2-1-3-9-7(8)4-6(5-12)11-9/h1-4,11-12H,5H2. The van der Waals surface area contributed by atoms with Gasteiger partial charge in [-0.15, -0.1) is 0 Å². The summed E-state index contributed by atoms with van der Waals surface area (Å²) in [5, 5.41) is 9.31. The molecule has 2 nitrogen and oxygen atoms in total. The summed E-state index contributed by atoms with van der Waals surface area (Å²) in [5.41, 5.74) is 1.36. The molecule has 0 spiro atoms. The number of fused-ring (bicyclic) bond motifs is 1. The largest absolute Gasteiger partial charge is 0.390 e. The van der Waals surface area contributed by atoms with Crippen LogP contribution in [0.1, 0.15) is 5.69 Å². The minimum absolute atomic E-state index is 0.0892. The van der Waals surface area contributed by atoms with Crippen molar-refractivity contribution in [2.24, 2.45) is 0 Å².